The van der Waals surface area contributed by atoms with Crippen LogP contribution in [0.2, 0.25) is 9.10 Å². The summed E-state index contributed by atoms with van der Waals surface area (Å²) in [5, 5.41) is 0. The molecule has 0 aliphatic heterocycles. The zero-order valence-electron chi connectivity index (χ0n) is 6.95. The van der Waals surface area contributed by atoms with Crippen molar-refractivity contribution >= 4 is 20.4 Å². The number of hydrogen-bond donors (Lipinski definition) is 0. The van der Waals surface area contributed by atoms with Crippen molar-refractivity contribution in [2.75, 3.05) is 0 Å². The van der Waals surface area contributed by atoms with E-state index in [1.807, 2.05) is 0 Å². The number of unbranched alkanes of at least 4 members (excludes halogenated alkanes) is 3. The predicted molar refractivity (Wildman–Crippen MR) is 45.2 cm³/mol. The van der Waals surface area contributed by atoms with Gasteiger partial charge >= 0.3 is 20.4 Å². The van der Waals surface area contributed by atoms with E-state index < -0.39 is 0 Å². The molecule has 0 N–H and O–H groups in total. The summed E-state index contributed by atoms with van der Waals surface area (Å²) < 4.78 is 3.10. The van der Waals surface area contributed by atoms with Crippen molar-refractivity contribution in [3.05, 3.63) is 0 Å². The van der Waals surface area contributed by atoms with Gasteiger partial charge in [-0.15, -0.1) is 9.10 Å². The van der Waals surface area contributed by atoms with Crippen LogP contribution >= 0.6 is 0 Å². The first-order valence-electron chi connectivity index (χ1n) is 4.41. The second-order valence-corrected chi connectivity index (χ2v) is 5.18. The topological polar surface area (TPSA) is 0 Å². The third-order valence-electron chi connectivity index (χ3n) is 1.71. The lowest BCUT2D eigenvalue weighted by atomic mass is 10.2. The average Bonchev–Trinajstić information content (AvgIpc) is 1.89. The molecule has 0 radical (unpaired) electrons. The zero-order valence-corrected chi connectivity index (χ0v) is 8.36. The van der Waals surface area contributed by atoms with Crippen molar-refractivity contribution in [1.29, 1.82) is 0 Å². The summed E-state index contributed by atoms with van der Waals surface area (Å²) in [4.78, 5) is 0. The second kappa shape index (κ2) is 8.77. The Morgan fingerprint density at radius 1 is 1.00 bits per heavy atom. The molecule has 0 aromatic carbocycles. The van der Waals surface area contributed by atoms with E-state index in [0.29, 0.717) is 20.4 Å². The summed E-state index contributed by atoms with van der Waals surface area (Å²) in [5.41, 5.74) is 0. The molecule has 0 rings (SSSR count). The highest BCUT2D eigenvalue weighted by Gasteiger charge is 1.90. The smallest absolute Gasteiger partial charge is 0.149 e. The van der Waals surface area contributed by atoms with Crippen LogP contribution in [0.1, 0.15) is 39.5 Å². The van der Waals surface area contributed by atoms with Gasteiger partial charge in [0.2, 0.25) is 0 Å². The maximum atomic E-state index is 2.33. The molecule has 0 bridgehead atoms. The highest BCUT2D eigenvalue weighted by Crippen LogP contribution is 2.02. The number of hydrogen-bond acceptors (Lipinski definition) is 0. The van der Waals surface area contributed by atoms with E-state index in [1.165, 1.54) is 30.2 Å². The van der Waals surface area contributed by atoms with E-state index in [0.717, 1.165) is 0 Å². The highest BCUT2D eigenvalue weighted by molar-refractivity contribution is 6.35. The Hall–Kier alpha value is 0.766. The van der Waals surface area contributed by atoms with Gasteiger partial charge in [0.1, 0.15) is 0 Å². The monoisotopic (exact) mass is 138 g/mol. The molecule has 0 aromatic rings. The van der Waals surface area contributed by atoms with Gasteiger partial charge in [-0.25, -0.2) is 0 Å². The van der Waals surface area contributed by atoms with Crippen LogP contribution in [0.5, 0.6) is 0 Å². The van der Waals surface area contributed by atoms with E-state index in [2.05, 4.69) is 13.8 Å². The third kappa shape index (κ3) is 8.77. The lowest BCUT2D eigenvalue weighted by Crippen LogP contribution is -1.85. The van der Waals surface area contributed by atoms with Crippen molar-refractivity contribution in [2.45, 2.75) is 48.6 Å². The predicted octanol–water partition coefficient (Wildman–Crippen LogP) is 3.13. The van der Waals surface area contributed by atoms with Crippen molar-refractivity contribution in [3.63, 3.8) is 0 Å². The average molecular weight is 139 g/mol. The summed E-state index contributed by atoms with van der Waals surface area (Å²) in [6.45, 7) is 4.60. The first-order chi connectivity index (χ1) is 4.41. The van der Waals surface area contributed by atoms with Gasteiger partial charge in [-0.2, -0.15) is 0 Å². The largest absolute Gasteiger partial charge is 0.363 e. The third-order valence-corrected chi connectivity index (χ3v) is 3.41. The molecular weight excluding hydrogens is 120 g/mol. The molecule has 0 heterocycles. The maximum absolute atomic E-state index is 2.33. The Kier molecular flexibility index (Phi) is 9.51. The van der Waals surface area contributed by atoms with Crippen LogP contribution in [0.25, 0.3) is 0 Å². The molecule has 0 unspecified atom stereocenters. The van der Waals surface area contributed by atoms with E-state index >= 15 is 0 Å². The number of rotatable bonds is 6. The van der Waals surface area contributed by atoms with E-state index in [4.69, 9.17) is 0 Å². The molecule has 0 atom stereocenters. The van der Waals surface area contributed by atoms with Crippen LogP contribution in [0.15, 0.2) is 0 Å². The molecule has 52 valence electrons. The Morgan fingerprint density at radius 2 is 1.78 bits per heavy atom. The van der Waals surface area contributed by atoms with Gasteiger partial charge in [-0.05, 0) is 0 Å². The van der Waals surface area contributed by atoms with E-state index in [-0.39, 0.29) is 0 Å². The van der Waals surface area contributed by atoms with Crippen LogP contribution < -0.4 is 0 Å². The van der Waals surface area contributed by atoms with Gasteiger partial charge in [-0.3, -0.25) is 0 Å². The van der Waals surface area contributed by atoms with E-state index in [1.54, 1.807) is 4.55 Å². The minimum absolute atomic E-state index is 0.394. The molecular formula is C8H18Mg. The molecule has 0 fully saturated rings. The summed E-state index contributed by atoms with van der Waals surface area (Å²) in [5.74, 6) is 0. The standard InChI is InChI=1S/C6H13.C2H5.Mg/c1-3-5-6-4-2;1-2;/h1,3-6H2,2H3;1H2,2H3;. The minimum Gasteiger partial charge on any atom is -0.149 e. The molecule has 0 saturated carbocycles. The lowest BCUT2D eigenvalue weighted by molar-refractivity contribution is 0.700. The van der Waals surface area contributed by atoms with Gasteiger partial charge in [0.15, 0.2) is 0 Å². The molecule has 0 aromatic heterocycles. The van der Waals surface area contributed by atoms with Crippen LogP contribution in [0, 0.1) is 0 Å². The van der Waals surface area contributed by atoms with Crippen molar-refractivity contribution in [3.8, 4) is 0 Å². The highest BCUT2D eigenvalue weighted by atomic mass is 24.5. The first kappa shape index (κ1) is 9.77. The van der Waals surface area contributed by atoms with Crippen molar-refractivity contribution in [1.82, 2.24) is 0 Å². The van der Waals surface area contributed by atoms with Gasteiger partial charge in [0, 0.05) is 0 Å². The Balaban J connectivity index is 2.60. The maximum Gasteiger partial charge on any atom is 0.363 e. The van der Waals surface area contributed by atoms with E-state index in [9.17, 15) is 0 Å². The normalized spacial score (nSPS) is 9.11. The lowest BCUT2D eigenvalue weighted by Gasteiger charge is -1.94. The fourth-order valence-electron chi connectivity index (χ4n) is 1.03. The first-order valence-corrected chi connectivity index (χ1v) is 6.41. The van der Waals surface area contributed by atoms with Crippen LogP contribution in [-0.4, -0.2) is 20.4 Å². The van der Waals surface area contributed by atoms with Gasteiger partial charge < -0.3 is 0 Å². The molecule has 0 saturated heterocycles. The summed E-state index contributed by atoms with van der Waals surface area (Å²) in [7, 11) is 0. The summed E-state index contributed by atoms with van der Waals surface area (Å²) in [6, 6.07) is 0. The zero-order chi connectivity index (χ0) is 6.95. The van der Waals surface area contributed by atoms with Crippen molar-refractivity contribution < 1.29 is 0 Å². The Morgan fingerprint density at radius 3 is 2.33 bits per heavy atom. The summed E-state index contributed by atoms with van der Waals surface area (Å²) >= 11 is 0.394. The quantitative estimate of drug-likeness (QED) is 0.391. The molecule has 0 aliphatic rings. The fourth-order valence-corrected chi connectivity index (χ4v) is 2.24. The minimum atomic E-state index is 0.394. The Labute approximate surface area is 69.1 Å². The molecule has 0 aliphatic carbocycles. The second-order valence-electron chi connectivity index (χ2n) is 2.77. The van der Waals surface area contributed by atoms with Crippen LogP contribution in [0.4, 0.5) is 0 Å². The fraction of sp³-hybridized carbons (Fsp3) is 1.00. The molecule has 0 amide bonds. The SMILES string of the molecule is CCCCC[CH2][Mg][CH2]C. The van der Waals surface area contributed by atoms with Crippen molar-refractivity contribution in [2.24, 2.45) is 0 Å². The van der Waals surface area contributed by atoms with Crippen LogP contribution in [-0.2, 0) is 0 Å². The van der Waals surface area contributed by atoms with Gasteiger partial charge in [0.25, 0.3) is 0 Å². The molecule has 9 heavy (non-hydrogen) atoms. The van der Waals surface area contributed by atoms with Gasteiger partial charge in [-0.1, -0.05) is 39.5 Å². The molecule has 1 heteroatoms. The summed E-state index contributed by atoms with van der Waals surface area (Å²) in [6.07, 6.45) is 5.85. The Bertz CT molecular complexity index is 37.8. The molecule has 0 nitrogen and oxygen atoms in total. The van der Waals surface area contributed by atoms with Gasteiger partial charge in [0.05, 0.1) is 0 Å². The molecule has 0 spiro atoms. The van der Waals surface area contributed by atoms with Crippen LogP contribution in [0.3, 0.4) is 0 Å².